The molecule has 1 amide bonds. The van der Waals surface area contributed by atoms with Gasteiger partial charge in [-0.15, -0.1) is 0 Å². The zero-order valence-corrected chi connectivity index (χ0v) is 23.6. The fraction of sp³-hybridized carbons (Fsp3) is 0.385. The Morgan fingerprint density at radius 1 is 1.06 bits per heavy atom. The molecule has 3 aromatic rings. The molecule has 2 aromatic carbocycles. The number of hydrogen-bond donors (Lipinski definition) is 3. The van der Waals surface area contributed by atoms with Gasteiger partial charge in [-0.25, -0.2) is 4.98 Å². The number of carbonyl (C=O) groups excluding carboxylic acids is 1. The predicted molar refractivity (Wildman–Crippen MR) is 150 cm³/mol. The fourth-order valence-corrected chi connectivity index (χ4v) is 4.95. The summed E-state index contributed by atoms with van der Waals surface area (Å²) in [4.78, 5) is 18.2. The van der Waals surface area contributed by atoms with Crippen LogP contribution in [0.4, 0.5) is 11.4 Å². The maximum Gasteiger partial charge on any atom is 0.258 e. The van der Waals surface area contributed by atoms with Gasteiger partial charge in [0.2, 0.25) is 9.04 Å². The molecule has 0 fully saturated rings. The first-order chi connectivity index (χ1) is 16.5. The summed E-state index contributed by atoms with van der Waals surface area (Å²) in [7, 11) is 1.00. The highest BCUT2D eigenvalue weighted by Crippen LogP contribution is 2.39. The molecule has 0 atom stereocenters. The Labute approximate surface area is 219 Å². The van der Waals surface area contributed by atoms with E-state index in [1.165, 1.54) is 0 Å². The smallest absolute Gasteiger partial charge is 0.258 e. The number of nitrogens with one attached hydrogen (secondary N) is 3. The Hall–Kier alpha value is -2.16. The normalized spacial score (nSPS) is 11.8. The number of fused-ring (bicyclic) bond motifs is 1. The van der Waals surface area contributed by atoms with Crippen molar-refractivity contribution in [3.05, 3.63) is 63.3 Å². The second-order valence-electron chi connectivity index (χ2n) is 9.54. The number of amides is 1. The van der Waals surface area contributed by atoms with Gasteiger partial charge in [-0.3, -0.25) is 4.79 Å². The standard InChI is InChI=1S/C26H33Cl2N4O2Si/c1-26(2,3)22-20(15-34-35(5)6)31-23-16(24(22)30-14-13-29-4)9-7-12-19(23)32-25(33)21-17(27)10-8-11-18(21)28/h7-12,29H,13-15H2,1-6H3,(H,30,31)(H,32,33). The van der Waals surface area contributed by atoms with Gasteiger partial charge >= 0.3 is 0 Å². The number of likely N-dealkylation sites (N-methyl/N-ethyl adjacent to an activating group) is 1. The van der Waals surface area contributed by atoms with Gasteiger partial charge < -0.3 is 20.4 Å². The summed E-state index contributed by atoms with van der Waals surface area (Å²) >= 11 is 12.6. The summed E-state index contributed by atoms with van der Waals surface area (Å²) < 4.78 is 6.09. The zero-order valence-electron chi connectivity index (χ0n) is 21.1. The summed E-state index contributed by atoms with van der Waals surface area (Å²) in [6.07, 6.45) is 0. The van der Waals surface area contributed by atoms with Gasteiger partial charge in [0, 0.05) is 29.7 Å². The van der Waals surface area contributed by atoms with E-state index in [0.29, 0.717) is 27.9 Å². The van der Waals surface area contributed by atoms with E-state index < -0.39 is 9.04 Å². The highest BCUT2D eigenvalue weighted by Gasteiger charge is 2.27. The molecule has 0 saturated carbocycles. The van der Waals surface area contributed by atoms with Crippen molar-refractivity contribution in [1.29, 1.82) is 0 Å². The van der Waals surface area contributed by atoms with Crippen LogP contribution in [0.3, 0.4) is 0 Å². The van der Waals surface area contributed by atoms with Crippen molar-refractivity contribution < 1.29 is 9.22 Å². The fourth-order valence-electron chi connectivity index (χ4n) is 3.96. The van der Waals surface area contributed by atoms with Gasteiger partial charge in [0.1, 0.15) is 0 Å². The predicted octanol–water partition coefficient (Wildman–Crippen LogP) is 6.49. The maximum atomic E-state index is 13.2. The molecule has 0 bridgehead atoms. The number of benzene rings is 2. The number of aromatic nitrogens is 1. The van der Waals surface area contributed by atoms with Crippen LogP contribution in [-0.2, 0) is 16.4 Å². The van der Waals surface area contributed by atoms with Crippen LogP contribution in [0.15, 0.2) is 36.4 Å². The first-order valence-corrected chi connectivity index (χ1v) is 14.7. The lowest BCUT2D eigenvalue weighted by molar-refractivity contribution is 0.102. The molecule has 35 heavy (non-hydrogen) atoms. The number of halogens is 2. The van der Waals surface area contributed by atoms with E-state index in [2.05, 4.69) is 49.8 Å². The molecule has 0 spiro atoms. The van der Waals surface area contributed by atoms with Crippen molar-refractivity contribution in [2.75, 3.05) is 30.8 Å². The molecular formula is C26H33Cl2N4O2Si. The van der Waals surface area contributed by atoms with Gasteiger partial charge in [0.25, 0.3) is 5.91 Å². The highest BCUT2D eigenvalue weighted by atomic mass is 35.5. The van der Waals surface area contributed by atoms with Crippen molar-refractivity contribution >= 4 is 60.4 Å². The largest absolute Gasteiger partial charge is 0.411 e. The van der Waals surface area contributed by atoms with E-state index in [9.17, 15) is 4.79 Å². The summed E-state index contributed by atoms with van der Waals surface area (Å²) in [5.74, 6) is -0.384. The van der Waals surface area contributed by atoms with Crippen molar-refractivity contribution in [2.45, 2.75) is 45.9 Å². The summed E-state index contributed by atoms with van der Waals surface area (Å²) in [5.41, 5.74) is 4.30. The lowest BCUT2D eigenvalue weighted by atomic mass is 9.83. The van der Waals surface area contributed by atoms with Crippen molar-refractivity contribution in [3.8, 4) is 0 Å². The monoisotopic (exact) mass is 531 g/mol. The minimum absolute atomic E-state index is 0.180. The van der Waals surface area contributed by atoms with E-state index >= 15 is 0 Å². The van der Waals surface area contributed by atoms with Gasteiger partial charge in [-0.1, -0.05) is 62.2 Å². The van der Waals surface area contributed by atoms with Crippen LogP contribution in [0.2, 0.25) is 23.1 Å². The molecule has 9 heteroatoms. The Morgan fingerprint density at radius 3 is 2.31 bits per heavy atom. The number of anilines is 2. The van der Waals surface area contributed by atoms with Crippen molar-refractivity contribution in [1.82, 2.24) is 10.3 Å². The second kappa shape index (κ2) is 11.7. The number of nitrogens with zero attached hydrogens (tertiary/aromatic N) is 1. The van der Waals surface area contributed by atoms with Crippen LogP contribution < -0.4 is 16.0 Å². The van der Waals surface area contributed by atoms with Crippen molar-refractivity contribution in [3.63, 3.8) is 0 Å². The summed E-state index contributed by atoms with van der Waals surface area (Å²) in [5, 5.41) is 11.3. The minimum atomic E-state index is -0.923. The Morgan fingerprint density at radius 2 is 1.71 bits per heavy atom. The van der Waals surface area contributed by atoms with Gasteiger partial charge in [0.05, 0.1) is 39.1 Å². The van der Waals surface area contributed by atoms with Crippen LogP contribution in [0.5, 0.6) is 0 Å². The molecule has 0 aliphatic rings. The van der Waals surface area contributed by atoms with E-state index in [1.807, 2.05) is 25.2 Å². The van der Waals surface area contributed by atoms with E-state index in [4.69, 9.17) is 32.6 Å². The number of hydrogen-bond acceptors (Lipinski definition) is 5. The number of para-hydroxylation sites is 1. The summed E-state index contributed by atoms with van der Waals surface area (Å²) in [6, 6.07) is 10.8. The molecule has 187 valence electrons. The molecule has 1 heterocycles. The quantitative estimate of drug-likeness (QED) is 0.217. The highest BCUT2D eigenvalue weighted by molar-refractivity contribution is 6.48. The molecular weight excluding hydrogens is 499 g/mol. The SMILES string of the molecule is CNCCNc1c(C(C)(C)C)c(CO[Si](C)C)nc2c(NC(=O)c3c(Cl)cccc3Cl)cccc12. The minimum Gasteiger partial charge on any atom is -0.411 e. The first kappa shape index (κ1) is 27.4. The Balaban J connectivity index is 2.20. The average molecular weight is 533 g/mol. The lowest BCUT2D eigenvalue weighted by Gasteiger charge is -2.28. The van der Waals surface area contributed by atoms with Crippen LogP contribution in [0.25, 0.3) is 10.9 Å². The lowest BCUT2D eigenvalue weighted by Crippen LogP contribution is -2.24. The van der Waals surface area contributed by atoms with E-state index in [0.717, 1.165) is 35.4 Å². The molecule has 0 aliphatic heterocycles. The second-order valence-corrected chi connectivity index (χ2v) is 12.5. The maximum absolute atomic E-state index is 13.2. The average Bonchev–Trinajstić information content (AvgIpc) is 2.77. The third-order valence-corrected chi connectivity index (χ3v) is 6.80. The molecule has 1 aromatic heterocycles. The molecule has 3 rings (SSSR count). The van der Waals surface area contributed by atoms with E-state index in [1.54, 1.807) is 18.2 Å². The molecule has 1 radical (unpaired) electrons. The Bertz CT molecular complexity index is 1190. The van der Waals surface area contributed by atoms with Crippen LogP contribution in [-0.4, -0.2) is 40.1 Å². The first-order valence-electron chi connectivity index (χ1n) is 11.6. The molecule has 0 unspecified atom stereocenters. The molecule has 0 saturated heterocycles. The third-order valence-electron chi connectivity index (χ3n) is 5.45. The molecule has 0 aliphatic carbocycles. The van der Waals surface area contributed by atoms with Crippen LogP contribution in [0.1, 0.15) is 42.4 Å². The van der Waals surface area contributed by atoms with Crippen LogP contribution >= 0.6 is 23.2 Å². The van der Waals surface area contributed by atoms with Gasteiger partial charge in [-0.2, -0.15) is 0 Å². The molecule has 6 nitrogen and oxygen atoms in total. The van der Waals surface area contributed by atoms with Crippen molar-refractivity contribution in [2.24, 2.45) is 0 Å². The van der Waals surface area contributed by atoms with Gasteiger partial charge in [-0.05, 0) is 43.8 Å². The van der Waals surface area contributed by atoms with E-state index in [-0.39, 0.29) is 16.9 Å². The van der Waals surface area contributed by atoms with Crippen LogP contribution in [0, 0.1) is 0 Å². The third kappa shape index (κ3) is 6.54. The van der Waals surface area contributed by atoms with Gasteiger partial charge in [0.15, 0.2) is 0 Å². The summed E-state index contributed by atoms with van der Waals surface area (Å²) in [6.45, 7) is 12.7. The number of rotatable bonds is 9. The number of carbonyl (C=O) groups is 1. The zero-order chi connectivity index (χ0) is 25.8. The number of pyridine rings is 1. The Kier molecular flexibility index (Phi) is 9.18. The topological polar surface area (TPSA) is 75.3 Å². The molecule has 3 N–H and O–H groups in total.